The van der Waals surface area contributed by atoms with Crippen LogP contribution in [0.25, 0.3) is 17.1 Å². The van der Waals surface area contributed by atoms with Crippen LogP contribution in [0, 0.1) is 0 Å². The lowest BCUT2D eigenvalue weighted by Gasteiger charge is -2.20. The second kappa shape index (κ2) is 7.52. The predicted molar refractivity (Wildman–Crippen MR) is 93.4 cm³/mol. The summed E-state index contributed by atoms with van der Waals surface area (Å²) in [5, 5.41) is 16.9. The molecule has 0 radical (unpaired) electrons. The zero-order valence-electron chi connectivity index (χ0n) is 13.1. The number of aromatic amines is 1. The van der Waals surface area contributed by atoms with Crippen LogP contribution < -0.4 is 4.90 Å². The van der Waals surface area contributed by atoms with Crippen LogP contribution in [0.5, 0.6) is 0 Å². The number of benzene rings is 1. The van der Waals surface area contributed by atoms with E-state index in [2.05, 4.69) is 15.2 Å². The molecule has 0 bridgehead atoms. The van der Waals surface area contributed by atoms with Crippen molar-refractivity contribution >= 4 is 28.7 Å². The normalized spacial score (nSPS) is 11.2. The van der Waals surface area contributed by atoms with Crippen LogP contribution in [0.1, 0.15) is 12.1 Å². The first-order valence-electron chi connectivity index (χ1n) is 7.74. The maximum Gasteiger partial charge on any atom is 0.251 e. The zero-order valence-corrected chi connectivity index (χ0v) is 13.1. The highest BCUT2D eigenvalue weighted by molar-refractivity contribution is 6.04. The molecule has 0 atom stereocenters. The summed E-state index contributed by atoms with van der Waals surface area (Å²) in [5.74, 6) is -0.152. The smallest absolute Gasteiger partial charge is 0.251 e. The molecule has 2 aromatic heterocycles. The average Bonchev–Trinajstić information content (AvgIpc) is 3.04. The van der Waals surface area contributed by atoms with E-state index in [9.17, 15) is 4.79 Å². The number of anilines is 1. The van der Waals surface area contributed by atoms with Gasteiger partial charge in [0, 0.05) is 36.5 Å². The molecule has 0 aliphatic carbocycles. The average molecular weight is 322 g/mol. The Morgan fingerprint density at radius 1 is 1.21 bits per heavy atom. The molecule has 0 unspecified atom stereocenters. The molecule has 0 saturated heterocycles. The summed E-state index contributed by atoms with van der Waals surface area (Å²) in [6.45, 7) is 0.492. The molecule has 0 fully saturated rings. The van der Waals surface area contributed by atoms with Gasteiger partial charge in [-0.25, -0.2) is 4.98 Å². The number of hydrogen-bond acceptors (Lipinski definition) is 4. The predicted octanol–water partition coefficient (Wildman–Crippen LogP) is 2.39. The molecule has 3 aromatic rings. The van der Waals surface area contributed by atoms with E-state index in [1.807, 2.05) is 42.5 Å². The van der Waals surface area contributed by atoms with Gasteiger partial charge in [0.05, 0.1) is 5.69 Å². The zero-order chi connectivity index (χ0) is 16.8. The van der Waals surface area contributed by atoms with Crippen LogP contribution in [-0.2, 0) is 4.79 Å². The van der Waals surface area contributed by atoms with Crippen molar-refractivity contribution in [1.29, 1.82) is 0 Å². The van der Waals surface area contributed by atoms with Gasteiger partial charge < -0.3 is 10.0 Å². The van der Waals surface area contributed by atoms with E-state index in [1.54, 1.807) is 17.2 Å². The summed E-state index contributed by atoms with van der Waals surface area (Å²) in [6, 6.07) is 13.1. The molecule has 1 aromatic carbocycles. The van der Waals surface area contributed by atoms with Gasteiger partial charge in [0.15, 0.2) is 5.65 Å². The van der Waals surface area contributed by atoms with Crippen LogP contribution in [-0.4, -0.2) is 39.3 Å². The molecule has 6 nitrogen and oxygen atoms in total. The van der Waals surface area contributed by atoms with Gasteiger partial charge in [0.2, 0.25) is 0 Å². The lowest BCUT2D eigenvalue weighted by molar-refractivity contribution is -0.114. The molecule has 0 aliphatic rings. The Morgan fingerprint density at radius 2 is 2.04 bits per heavy atom. The van der Waals surface area contributed by atoms with Crippen LogP contribution >= 0.6 is 0 Å². The Bertz CT molecular complexity index is 842. The molecule has 122 valence electrons. The Kier molecular flexibility index (Phi) is 4.98. The van der Waals surface area contributed by atoms with Crippen LogP contribution in [0.4, 0.5) is 5.69 Å². The van der Waals surface area contributed by atoms with Crippen LogP contribution in [0.3, 0.4) is 0 Å². The Hall–Kier alpha value is -2.99. The number of aliphatic hydroxyl groups excluding tert-OH is 1. The number of para-hydroxylation sites is 1. The van der Waals surface area contributed by atoms with Gasteiger partial charge in [-0.05, 0) is 36.8 Å². The van der Waals surface area contributed by atoms with Crippen molar-refractivity contribution in [1.82, 2.24) is 15.2 Å². The van der Waals surface area contributed by atoms with Gasteiger partial charge in [0.25, 0.3) is 5.91 Å². The van der Waals surface area contributed by atoms with E-state index < -0.39 is 0 Å². The summed E-state index contributed by atoms with van der Waals surface area (Å²) in [4.78, 5) is 18.4. The van der Waals surface area contributed by atoms with Crippen molar-refractivity contribution in [3.05, 3.63) is 60.4 Å². The van der Waals surface area contributed by atoms with E-state index in [0.717, 1.165) is 16.8 Å². The summed E-state index contributed by atoms with van der Waals surface area (Å²) >= 11 is 0. The largest absolute Gasteiger partial charge is 0.396 e. The number of aliphatic hydroxyl groups is 1. The minimum atomic E-state index is -0.152. The van der Waals surface area contributed by atoms with Crippen LogP contribution in [0.15, 0.2) is 54.7 Å². The van der Waals surface area contributed by atoms with E-state index in [-0.39, 0.29) is 12.5 Å². The quantitative estimate of drug-likeness (QED) is 0.683. The van der Waals surface area contributed by atoms with Crippen molar-refractivity contribution in [2.24, 2.45) is 0 Å². The molecule has 0 aliphatic heterocycles. The highest BCUT2D eigenvalue weighted by Crippen LogP contribution is 2.17. The van der Waals surface area contributed by atoms with Crippen molar-refractivity contribution < 1.29 is 9.90 Å². The summed E-state index contributed by atoms with van der Waals surface area (Å²) < 4.78 is 0. The molecular weight excluding hydrogens is 304 g/mol. The van der Waals surface area contributed by atoms with E-state index in [4.69, 9.17) is 5.11 Å². The fourth-order valence-corrected chi connectivity index (χ4v) is 2.44. The molecule has 1 amide bonds. The Morgan fingerprint density at radius 3 is 2.83 bits per heavy atom. The SMILES string of the molecule is O=C(C=Cc1[nH]nc2ncccc12)N(CCCO)c1ccccc1. The number of nitrogens with one attached hydrogen (secondary N) is 1. The first-order chi connectivity index (χ1) is 11.8. The number of pyridine rings is 1. The second-order valence-corrected chi connectivity index (χ2v) is 5.25. The van der Waals surface area contributed by atoms with E-state index in [0.29, 0.717) is 18.6 Å². The Labute approximate surface area is 139 Å². The molecule has 0 spiro atoms. The van der Waals surface area contributed by atoms with Crippen molar-refractivity contribution in [2.45, 2.75) is 6.42 Å². The maximum absolute atomic E-state index is 12.6. The number of nitrogens with zero attached hydrogens (tertiary/aromatic N) is 3. The van der Waals surface area contributed by atoms with Gasteiger partial charge >= 0.3 is 0 Å². The lowest BCUT2D eigenvalue weighted by Crippen LogP contribution is -2.30. The van der Waals surface area contributed by atoms with Crippen molar-refractivity contribution in [2.75, 3.05) is 18.1 Å². The molecular formula is C18H18N4O2. The van der Waals surface area contributed by atoms with E-state index in [1.165, 1.54) is 6.08 Å². The fourth-order valence-electron chi connectivity index (χ4n) is 2.44. The van der Waals surface area contributed by atoms with Crippen LogP contribution in [0.2, 0.25) is 0 Å². The fraction of sp³-hybridized carbons (Fsp3) is 0.167. The third-order valence-electron chi connectivity index (χ3n) is 3.63. The van der Waals surface area contributed by atoms with Crippen molar-refractivity contribution in [3.8, 4) is 0 Å². The molecule has 2 heterocycles. The highest BCUT2D eigenvalue weighted by atomic mass is 16.3. The van der Waals surface area contributed by atoms with Gasteiger partial charge in [0.1, 0.15) is 0 Å². The molecule has 3 rings (SSSR count). The number of hydrogen-bond donors (Lipinski definition) is 2. The molecule has 2 N–H and O–H groups in total. The summed E-state index contributed by atoms with van der Waals surface area (Å²) in [5.41, 5.74) is 2.16. The summed E-state index contributed by atoms with van der Waals surface area (Å²) in [7, 11) is 0. The molecule has 6 heteroatoms. The number of carbonyl (C=O) groups excluding carboxylic acids is 1. The first kappa shape index (κ1) is 15.9. The topological polar surface area (TPSA) is 82.1 Å². The maximum atomic E-state index is 12.6. The standard InChI is InChI=1S/C18H18N4O2/c23-13-5-12-22(14-6-2-1-3-7-14)17(24)10-9-16-15-8-4-11-19-18(15)21-20-16/h1-4,6-11,23H,5,12-13H2,(H,19,20,21). The lowest BCUT2D eigenvalue weighted by atomic mass is 10.2. The second-order valence-electron chi connectivity index (χ2n) is 5.25. The van der Waals surface area contributed by atoms with Gasteiger partial charge in [-0.1, -0.05) is 18.2 Å². The Balaban J connectivity index is 1.82. The first-order valence-corrected chi connectivity index (χ1v) is 7.74. The molecule has 24 heavy (non-hydrogen) atoms. The van der Waals surface area contributed by atoms with Gasteiger partial charge in [-0.2, -0.15) is 5.10 Å². The third kappa shape index (κ3) is 3.49. The van der Waals surface area contributed by atoms with E-state index >= 15 is 0 Å². The number of rotatable bonds is 6. The molecule has 0 saturated carbocycles. The number of amides is 1. The highest BCUT2D eigenvalue weighted by Gasteiger charge is 2.12. The number of aromatic nitrogens is 3. The minimum absolute atomic E-state index is 0.0389. The summed E-state index contributed by atoms with van der Waals surface area (Å²) in [6.07, 6.45) is 5.40. The van der Waals surface area contributed by atoms with Gasteiger partial charge in [-0.15, -0.1) is 0 Å². The number of H-pyrrole nitrogens is 1. The third-order valence-corrected chi connectivity index (χ3v) is 3.63. The number of fused-ring (bicyclic) bond motifs is 1. The van der Waals surface area contributed by atoms with Crippen molar-refractivity contribution in [3.63, 3.8) is 0 Å². The minimum Gasteiger partial charge on any atom is -0.396 e. The monoisotopic (exact) mass is 322 g/mol. The number of carbonyl (C=O) groups is 1. The van der Waals surface area contributed by atoms with Gasteiger partial charge in [-0.3, -0.25) is 9.89 Å².